The van der Waals surface area contributed by atoms with Crippen LogP contribution >= 0.6 is 0 Å². The Bertz CT molecular complexity index is 522. The lowest BCUT2D eigenvalue weighted by Crippen LogP contribution is -2.44. The largest absolute Gasteiger partial charge is 0.337 e. The van der Waals surface area contributed by atoms with E-state index < -0.39 is 0 Å². The third-order valence-corrected chi connectivity index (χ3v) is 3.26. The first-order valence-electron chi connectivity index (χ1n) is 6.40. The number of rotatable bonds is 3. The number of aromatic nitrogens is 4. The lowest BCUT2D eigenvalue weighted by Gasteiger charge is -2.30. The summed E-state index contributed by atoms with van der Waals surface area (Å²) in [7, 11) is 0. The first-order valence-corrected chi connectivity index (χ1v) is 6.40. The highest BCUT2D eigenvalue weighted by Gasteiger charge is 2.23. The van der Waals surface area contributed by atoms with E-state index in [-0.39, 0.29) is 6.04 Å². The van der Waals surface area contributed by atoms with Crippen LogP contribution in [0.4, 0.5) is 0 Å². The molecule has 7 heteroatoms. The van der Waals surface area contributed by atoms with E-state index in [0.29, 0.717) is 17.5 Å². The Morgan fingerprint density at radius 2 is 1.95 bits per heavy atom. The molecule has 1 fully saturated rings. The molecule has 0 bridgehead atoms. The van der Waals surface area contributed by atoms with Gasteiger partial charge in [-0.2, -0.15) is 4.98 Å². The molecule has 7 nitrogen and oxygen atoms in total. The van der Waals surface area contributed by atoms with Crippen molar-refractivity contribution in [1.82, 2.24) is 30.3 Å². The summed E-state index contributed by atoms with van der Waals surface area (Å²) in [5.41, 5.74) is 0. The van der Waals surface area contributed by atoms with Gasteiger partial charge in [0.2, 0.25) is 17.5 Å². The smallest absolute Gasteiger partial charge is 0.244 e. The minimum absolute atomic E-state index is 0.118. The van der Waals surface area contributed by atoms with Gasteiger partial charge in [0.15, 0.2) is 0 Å². The van der Waals surface area contributed by atoms with Gasteiger partial charge in [-0.1, -0.05) is 5.16 Å². The van der Waals surface area contributed by atoms with E-state index in [9.17, 15) is 0 Å². The predicted molar refractivity (Wildman–Crippen MR) is 68.2 cm³/mol. The highest BCUT2D eigenvalue weighted by molar-refractivity contribution is 5.40. The van der Waals surface area contributed by atoms with Crippen molar-refractivity contribution >= 4 is 0 Å². The molecule has 19 heavy (non-hydrogen) atoms. The molecule has 0 aliphatic carbocycles. The van der Waals surface area contributed by atoms with Gasteiger partial charge in [-0.05, 0) is 13.0 Å². The average molecular weight is 260 g/mol. The zero-order chi connectivity index (χ0) is 13.1. The van der Waals surface area contributed by atoms with Crippen molar-refractivity contribution in [3.63, 3.8) is 0 Å². The third kappa shape index (κ3) is 2.61. The molecule has 100 valence electrons. The molecule has 1 aliphatic rings. The van der Waals surface area contributed by atoms with Gasteiger partial charge in [-0.15, -0.1) is 0 Å². The quantitative estimate of drug-likeness (QED) is 0.860. The van der Waals surface area contributed by atoms with Crippen LogP contribution in [0.2, 0.25) is 0 Å². The number of nitrogens with zero attached hydrogens (tertiary/aromatic N) is 5. The molecule has 3 rings (SSSR count). The van der Waals surface area contributed by atoms with Crippen molar-refractivity contribution in [1.29, 1.82) is 0 Å². The maximum atomic E-state index is 5.33. The van der Waals surface area contributed by atoms with Gasteiger partial charge in [-0.3, -0.25) is 4.90 Å². The molecule has 1 unspecified atom stereocenters. The maximum Gasteiger partial charge on any atom is 0.244 e. The van der Waals surface area contributed by atoms with Crippen molar-refractivity contribution < 1.29 is 4.52 Å². The van der Waals surface area contributed by atoms with Crippen LogP contribution in [0, 0.1) is 0 Å². The molecule has 1 aliphatic heterocycles. The Hall–Kier alpha value is -1.86. The minimum Gasteiger partial charge on any atom is -0.337 e. The lowest BCUT2D eigenvalue weighted by atomic mass is 10.2. The topological polar surface area (TPSA) is 80.0 Å². The second-order valence-corrected chi connectivity index (χ2v) is 4.49. The predicted octanol–water partition coefficient (Wildman–Crippen LogP) is 0.493. The van der Waals surface area contributed by atoms with E-state index in [1.54, 1.807) is 18.5 Å². The van der Waals surface area contributed by atoms with Crippen LogP contribution in [0.15, 0.2) is 23.0 Å². The van der Waals surface area contributed by atoms with Crippen molar-refractivity contribution in [2.45, 2.75) is 13.0 Å². The fourth-order valence-electron chi connectivity index (χ4n) is 2.14. The molecule has 2 aromatic rings. The summed E-state index contributed by atoms with van der Waals surface area (Å²) in [6.07, 6.45) is 3.33. The molecule has 0 aromatic carbocycles. The number of hydrogen-bond donors (Lipinski definition) is 1. The van der Waals surface area contributed by atoms with Gasteiger partial charge in [0.25, 0.3) is 0 Å². The van der Waals surface area contributed by atoms with Crippen molar-refractivity contribution in [2.75, 3.05) is 26.2 Å². The van der Waals surface area contributed by atoms with E-state index in [4.69, 9.17) is 4.52 Å². The van der Waals surface area contributed by atoms with E-state index in [1.165, 1.54) is 0 Å². The summed E-state index contributed by atoms with van der Waals surface area (Å²) in [5.74, 6) is 1.55. The van der Waals surface area contributed by atoms with Crippen LogP contribution in [-0.2, 0) is 0 Å². The van der Waals surface area contributed by atoms with Crippen molar-refractivity contribution in [3.8, 4) is 11.6 Å². The molecular formula is C12H16N6O. The van der Waals surface area contributed by atoms with Gasteiger partial charge in [0.1, 0.15) is 0 Å². The average Bonchev–Trinajstić information content (AvgIpc) is 2.98. The summed E-state index contributed by atoms with van der Waals surface area (Å²) in [6, 6.07) is 1.88. The molecule has 3 heterocycles. The van der Waals surface area contributed by atoms with Crippen LogP contribution in [0.25, 0.3) is 11.6 Å². The standard InChI is InChI=1S/C12H16N6O/c1-9(18-7-5-13-6-8-18)12-16-11(17-19-12)10-14-3-2-4-15-10/h2-4,9,13H,5-8H2,1H3. The van der Waals surface area contributed by atoms with Gasteiger partial charge in [0.05, 0.1) is 6.04 Å². The monoisotopic (exact) mass is 260 g/mol. The Kier molecular flexibility index (Phi) is 3.47. The molecule has 0 amide bonds. The minimum atomic E-state index is 0.118. The Balaban J connectivity index is 1.77. The molecular weight excluding hydrogens is 244 g/mol. The summed E-state index contributed by atoms with van der Waals surface area (Å²) >= 11 is 0. The Morgan fingerprint density at radius 3 is 2.68 bits per heavy atom. The second kappa shape index (κ2) is 5.41. The highest BCUT2D eigenvalue weighted by Crippen LogP contribution is 2.20. The van der Waals surface area contributed by atoms with Crippen LogP contribution < -0.4 is 5.32 Å². The fraction of sp³-hybridized carbons (Fsp3) is 0.500. The third-order valence-electron chi connectivity index (χ3n) is 3.26. The first kappa shape index (κ1) is 12.2. The maximum absolute atomic E-state index is 5.33. The highest BCUT2D eigenvalue weighted by atomic mass is 16.5. The number of piperazine rings is 1. The van der Waals surface area contributed by atoms with Gasteiger partial charge in [-0.25, -0.2) is 9.97 Å². The van der Waals surface area contributed by atoms with E-state index in [1.807, 2.05) is 0 Å². The van der Waals surface area contributed by atoms with Crippen molar-refractivity contribution in [3.05, 3.63) is 24.4 Å². The summed E-state index contributed by atoms with van der Waals surface area (Å²) in [5, 5.41) is 7.27. The van der Waals surface area contributed by atoms with Crippen LogP contribution in [0.5, 0.6) is 0 Å². The molecule has 0 saturated carbocycles. The van der Waals surface area contributed by atoms with Gasteiger partial charge < -0.3 is 9.84 Å². The zero-order valence-corrected chi connectivity index (χ0v) is 10.8. The lowest BCUT2D eigenvalue weighted by molar-refractivity contribution is 0.154. The molecule has 2 aromatic heterocycles. The van der Waals surface area contributed by atoms with E-state index in [2.05, 4.69) is 37.2 Å². The Labute approximate surface area is 111 Å². The normalized spacial score (nSPS) is 18.4. The van der Waals surface area contributed by atoms with Crippen molar-refractivity contribution in [2.24, 2.45) is 0 Å². The second-order valence-electron chi connectivity index (χ2n) is 4.49. The molecule has 0 spiro atoms. The Morgan fingerprint density at radius 1 is 1.21 bits per heavy atom. The molecule has 0 radical (unpaired) electrons. The number of nitrogens with one attached hydrogen (secondary N) is 1. The number of hydrogen-bond acceptors (Lipinski definition) is 7. The summed E-state index contributed by atoms with van der Waals surface area (Å²) in [6.45, 7) is 6.04. The molecule has 1 atom stereocenters. The summed E-state index contributed by atoms with van der Waals surface area (Å²) < 4.78 is 5.33. The zero-order valence-electron chi connectivity index (χ0n) is 10.8. The summed E-state index contributed by atoms with van der Waals surface area (Å²) in [4.78, 5) is 14.9. The molecule has 1 saturated heterocycles. The molecule has 1 N–H and O–H groups in total. The SMILES string of the molecule is CC(c1nc(-c2ncccn2)no1)N1CCNCC1. The van der Waals surface area contributed by atoms with Gasteiger partial charge in [0, 0.05) is 38.6 Å². The van der Waals surface area contributed by atoms with Crippen LogP contribution in [0.3, 0.4) is 0 Å². The van der Waals surface area contributed by atoms with E-state index >= 15 is 0 Å². The van der Waals surface area contributed by atoms with Crippen LogP contribution in [0.1, 0.15) is 18.9 Å². The van der Waals surface area contributed by atoms with E-state index in [0.717, 1.165) is 26.2 Å². The fourth-order valence-corrected chi connectivity index (χ4v) is 2.14. The van der Waals surface area contributed by atoms with Crippen LogP contribution in [-0.4, -0.2) is 51.2 Å². The van der Waals surface area contributed by atoms with Gasteiger partial charge >= 0.3 is 0 Å². The first-order chi connectivity index (χ1) is 9.34.